The Morgan fingerprint density at radius 2 is 2.03 bits per heavy atom. The van der Waals surface area contributed by atoms with Crippen LogP contribution >= 0.6 is 0 Å². The van der Waals surface area contributed by atoms with Crippen LogP contribution in [-0.4, -0.2) is 55.4 Å². The Labute approximate surface area is 170 Å². The molecule has 8 nitrogen and oxygen atoms in total. The van der Waals surface area contributed by atoms with Gasteiger partial charge in [0.25, 0.3) is 0 Å². The van der Waals surface area contributed by atoms with Crippen LogP contribution in [0, 0.1) is 11.8 Å². The number of carbonyl (C=O) groups is 1. The van der Waals surface area contributed by atoms with Crippen molar-refractivity contribution in [3.05, 3.63) is 30.7 Å². The molecule has 1 amide bonds. The highest BCUT2D eigenvalue weighted by molar-refractivity contribution is 5.94. The number of fused-ring (bicyclic) bond motifs is 1. The molecule has 3 aromatic heterocycles. The van der Waals surface area contributed by atoms with E-state index in [9.17, 15) is 4.79 Å². The van der Waals surface area contributed by atoms with Gasteiger partial charge in [0, 0.05) is 37.9 Å². The van der Waals surface area contributed by atoms with E-state index in [1.807, 2.05) is 25.4 Å². The molecule has 0 aliphatic carbocycles. The van der Waals surface area contributed by atoms with Gasteiger partial charge in [0.05, 0.1) is 17.8 Å². The molecule has 8 heteroatoms. The van der Waals surface area contributed by atoms with Gasteiger partial charge in [-0.2, -0.15) is 0 Å². The summed E-state index contributed by atoms with van der Waals surface area (Å²) >= 11 is 0. The van der Waals surface area contributed by atoms with Crippen molar-refractivity contribution in [2.75, 3.05) is 25.0 Å². The van der Waals surface area contributed by atoms with Crippen molar-refractivity contribution in [1.29, 1.82) is 0 Å². The third-order valence-corrected chi connectivity index (χ3v) is 5.22. The molecule has 4 rings (SSSR count). The van der Waals surface area contributed by atoms with Gasteiger partial charge in [-0.05, 0) is 42.8 Å². The lowest BCUT2D eigenvalue weighted by atomic mass is 9.96. The van der Waals surface area contributed by atoms with Gasteiger partial charge in [-0.3, -0.25) is 14.5 Å². The number of hydrogen-bond donors (Lipinski definition) is 1. The van der Waals surface area contributed by atoms with Gasteiger partial charge in [-0.25, -0.2) is 4.98 Å². The van der Waals surface area contributed by atoms with Crippen LogP contribution in [0.5, 0.6) is 0 Å². The van der Waals surface area contributed by atoms with E-state index < -0.39 is 0 Å². The van der Waals surface area contributed by atoms with E-state index in [1.165, 1.54) is 0 Å². The molecule has 1 aliphatic heterocycles. The van der Waals surface area contributed by atoms with Crippen LogP contribution in [0.3, 0.4) is 0 Å². The molecule has 4 heterocycles. The fourth-order valence-electron chi connectivity index (χ4n) is 3.89. The highest BCUT2D eigenvalue weighted by atomic mass is 16.2. The highest BCUT2D eigenvalue weighted by Gasteiger charge is 2.26. The van der Waals surface area contributed by atoms with Crippen molar-refractivity contribution in [3.63, 3.8) is 0 Å². The predicted molar refractivity (Wildman–Crippen MR) is 112 cm³/mol. The van der Waals surface area contributed by atoms with E-state index in [-0.39, 0.29) is 11.8 Å². The van der Waals surface area contributed by atoms with Gasteiger partial charge in [-0.15, -0.1) is 5.10 Å². The molecule has 1 atom stereocenters. The van der Waals surface area contributed by atoms with Crippen LogP contribution in [0.25, 0.3) is 22.2 Å². The van der Waals surface area contributed by atoms with Crippen LogP contribution in [0.1, 0.15) is 26.7 Å². The second-order valence-corrected chi connectivity index (χ2v) is 8.25. The van der Waals surface area contributed by atoms with E-state index in [2.05, 4.69) is 44.3 Å². The average Bonchev–Trinajstić information content (AvgIpc) is 3.13. The minimum absolute atomic E-state index is 0.00703. The Hall–Kier alpha value is -2.87. The van der Waals surface area contributed by atoms with Crippen LogP contribution in [0.15, 0.2) is 30.7 Å². The lowest BCUT2D eigenvalue weighted by molar-refractivity contribution is -0.121. The molecule has 1 aliphatic rings. The summed E-state index contributed by atoms with van der Waals surface area (Å²) in [6, 6.07) is 3.84. The molecule has 1 saturated heterocycles. The molecule has 1 unspecified atom stereocenters. The molecule has 3 aromatic rings. The summed E-state index contributed by atoms with van der Waals surface area (Å²) in [7, 11) is 1.82. The SMILES string of the molecule is CC(C)CN1CCCC(C(=O)Nc2cc3cc(-c4cn(C)nn4)ncc3cn2)C1. The van der Waals surface area contributed by atoms with Crippen LogP contribution in [-0.2, 0) is 11.8 Å². The lowest BCUT2D eigenvalue weighted by Gasteiger charge is -2.32. The number of nitrogens with one attached hydrogen (secondary N) is 1. The first-order chi connectivity index (χ1) is 14.0. The van der Waals surface area contributed by atoms with Gasteiger partial charge in [0.1, 0.15) is 11.5 Å². The fourth-order valence-corrected chi connectivity index (χ4v) is 3.89. The highest BCUT2D eigenvalue weighted by Crippen LogP contribution is 2.23. The van der Waals surface area contributed by atoms with Crippen LogP contribution in [0.4, 0.5) is 5.82 Å². The minimum Gasteiger partial charge on any atom is -0.310 e. The molecule has 0 bridgehead atoms. The molecule has 0 radical (unpaired) electrons. The average molecular weight is 393 g/mol. The molecule has 1 fully saturated rings. The number of anilines is 1. The Morgan fingerprint density at radius 1 is 1.21 bits per heavy atom. The molecule has 29 heavy (non-hydrogen) atoms. The molecule has 0 saturated carbocycles. The number of nitrogens with zero attached hydrogens (tertiary/aromatic N) is 6. The zero-order valence-corrected chi connectivity index (χ0v) is 17.2. The zero-order chi connectivity index (χ0) is 20.4. The Bertz CT molecular complexity index is 1010. The number of aromatic nitrogens is 5. The smallest absolute Gasteiger partial charge is 0.229 e. The Morgan fingerprint density at radius 3 is 2.79 bits per heavy atom. The molecular formula is C21H27N7O. The van der Waals surface area contributed by atoms with Gasteiger partial charge in [0.15, 0.2) is 0 Å². The standard InChI is InChI=1S/C21H27N7O/c1-14(2)11-28-6-4-5-15(12-28)21(29)24-20-8-16-7-18(19-13-27(3)26-25-19)22-9-17(16)10-23-20/h7-10,13-15H,4-6,11-12H2,1-3H3,(H,23,24,29). The maximum atomic E-state index is 12.8. The second-order valence-electron chi connectivity index (χ2n) is 8.25. The maximum Gasteiger partial charge on any atom is 0.229 e. The number of hydrogen-bond acceptors (Lipinski definition) is 6. The first-order valence-corrected chi connectivity index (χ1v) is 10.1. The number of likely N-dealkylation sites (tertiary alicyclic amines) is 1. The number of amides is 1. The predicted octanol–water partition coefficient (Wildman–Crippen LogP) is 2.73. The lowest BCUT2D eigenvalue weighted by Crippen LogP contribution is -2.42. The summed E-state index contributed by atoms with van der Waals surface area (Å²) in [6.45, 7) is 7.36. The first-order valence-electron chi connectivity index (χ1n) is 10.1. The van der Waals surface area contributed by atoms with Gasteiger partial charge in [-0.1, -0.05) is 19.1 Å². The summed E-state index contributed by atoms with van der Waals surface area (Å²) in [5, 5.41) is 13.0. The van der Waals surface area contributed by atoms with E-state index in [0.717, 1.165) is 48.9 Å². The minimum atomic E-state index is 0.00703. The van der Waals surface area contributed by atoms with E-state index in [1.54, 1.807) is 17.1 Å². The van der Waals surface area contributed by atoms with Crippen molar-refractivity contribution in [1.82, 2.24) is 29.9 Å². The van der Waals surface area contributed by atoms with Gasteiger partial charge < -0.3 is 10.2 Å². The fraction of sp³-hybridized carbons (Fsp3) is 0.476. The first kappa shape index (κ1) is 19.4. The number of carbonyl (C=O) groups excluding carboxylic acids is 1. The summed E-state index contributed by atoms with van der Waals surface area (Å²) in [5.74, 6) is 1.23. The van der Waals surface area contributed by atoms with E-state index in [4.69, 9.17) is 0 Å². The third kappa shape index (κ3) is 4.59. The van der Waals surface area contributed by atoms with Crippen molar-refractivity contribution in [2.24, 2.45) is 18.9 Å². The normalized spacial score (nSPS) is 17.7. The topological polar surface area (TPSA) is 88.8 Å². The molecule has 152 valence electrons. The molecule has 0 spiro atoms. The van der Waals surface area contributed by atoms with Crippen LogP contribution < -0.4 is 5.32 Å². The number of rotatable bonds is 5. The van der Waals surface area contributed by atoms with E-state index >= 15 is 0 Å². The summed E-state index contributed by atoms with van der Waals surface area (Å²) in [4.78, 5) is 24.0. The van der Waals surface area contributed by atoms with Crippen molar-refractivity contribution in [2.45, 2.75) is 26.7 Å². The van der Waals surface area contributed by atoms with Crippen LogP contribution in [0.2, 0.25) is 0 Å². The largest absolute Gasteiger partial charge is 0.310 e. The van der Waals surface area contributed by atoms with Gasteiger partial charge >= 0.3 is 0 Å². The van der Waals surface area contributed by atoms with E-state index in [0.29, 0.717) is 17.4 Å². The van der Waals surface area contributed by atoms with Crippen molar-refractivity contribution < 1.29 is 4.79 Å². The Kier molecular flexibility index (Phi) is 5.53. The quantitative estimate of drug-likeness (QED) is 0.717. The molecule has 1 N–H and O–H groups in total. The molecular weight excluding hydrogens is 366 g/mol. The summed E-state index contributed by atoms with van der Waals surface area (Å²) in [6.07, 6.45) is 7.31. The number of piperidine rings is 1. The summed E-state index contributed by atoms with van der Waals surface area (Å²) < 4.78 is 1.64. The second kappa shape index (κ2) is 8.24. The molecule has 0 aromatic carbocycles. The monoisotopic (exact) mass is 393 g/mol. The number of aryl methyl sites for hydroxylation is 1. The zero-order valence-electron chi connectivity index (χ0n) is 17.2. The van der Waals surface area contributed by atoms with Gasteiger partial charge in [0.2, 0.25) is 5.91 Å². The van der Waals surface area contributed by atoms with Crippen molar-refractivity contribution >= 4 is 22.5 Å². The third-order valence-electron chi connectivity index (χ3n) is 5.22. The Balaban J connectivity index is 1.49. The van der Waals surface area contributed by atoms with Crippen molar-refractivity contribution in [3.8, 4) is 11.4 Å². The summed E-state index contributed by atoms with van der Waals surface area (Å²) in [5.41, 5.74) is 1.45. The maximum absolute atomic E-state index is 12.8. The number of pyridine rings is 2.